The molecule has 106 valence electrons. The van der Waals surface area contributed by atoms with Crippen LogP contribution in [-0.4, -0.2) is 10.9 Å². The number of carbonyl (C=O) groups is 1. The molecule has 3 aromatic rings. The predicted molar refractivity (Wildman–Crippen MR) is 82.1 cm³/mol. The maximum absolute atomic E-state index is 12.1. The topological polar surface area (TPSA) is 75.1 Å². The minimum Gasteiger partial charge on any atom is -0.408 e. The van der Waals surface area contributed by atoms with Gasteiger partial charge >= 0.3 is 5.76 Å². The summed E-state index contributed by atoms with van der Waals surface area (Å²) in [5.41, 5.74) is 2.55. The summed E-state index contributed by atoms with van der Waals surface area (Å²) < 4.78 is 5.73. The molecule has 5 nitrogen and oxygen atoms in total. The molecule has 1 aromatic heterocycles. The number of amides is 1. The standard InChI is InChI=1S/C15H11BrN2O3/c16-11-4-2-1-3-10(11)14(19)17-8-9-5-6-12-13(7-9)21-15(20)18-12/h1-7H,8H2,(H,17,19)(H,18,20). The second kappa shape index (κ2) is 5.57. The van der Waals surface area contributed by atoms with Gasteiger partial charge in [-0.1, -0.05) is 18.2 Å². The van der Waals surface area contributed by atoms with E-state index >= 15 is 0 Å². The molecule has 0 fully saturated rings. The van der Waals surface area contributed by atoms with Crippen molar-refractivity contribution in [3.05, 3.63) is 68.6 Å². The number of halogens is 1. The van der Waals surface area contributed by atoms with E-state index in [0.29, 0.717) is 23.2 Å². The van der Waals surface area contributed by atoms with E-state index < -0.39 is 5.76 Å². The Hall–Kier alpha value is -2.34. The number of fused-ring (bicyclic) bond motifs is 1. The van der Waals surface area contributed by atoms with Crippen LogP contribution >= 0.6 is 15.9 Å². The third-order valence-electron chi connectivity index (χ3n) is 3.06. The van der Waals surface area contributed by atoms with Gasteiger partial charge in [-0.25, -0.2) is 4.79 Å². The molecule has 0 aliphatic heterocycles. The Morgan fingerprint density at radius 2 is 2.05 bits per heavy atom. The Bertz CT molecular complexity index is 866. The summed E-state index contributed by atoms with van der Waals surface area (Å²) in [5, 5.41) is 2.83. The van der Waals surface area contributed by atoms with E-state index in [-0.39, 0.29) is 5.91 Å². The average molecular weight is 347 g/mol. The number of hydrogen-bond acceptors (Lipinski definition) is 3. The SMILES string of the molecule is O=C(NCc1ccc2[nH]c(=O)oc2c1)c1ccccc1Br. The second-order valence-corrected chi connectivity index (χ2v) is 5.36. The number of aromatic amines is 1. The molecular formula is C15H11BrN2O3. The fraction of sp³-hybridized carbons (Fsp3) is 0.0667. The highest BCUT2D eigenvalue weighted by Gasteiger charge is 2.09. The quantitative estimate of drug-likeness (QED) is 0.765. The Morgan fingerprint density at radius 3 is 2.86 bits per heavy atom. The molecule has 0 spiro atoms. The molecule has 1 amide bonds. The smallest absolute Gasteiger partial charge is 0.408 e. The van der Waals surface area contributed by atoms with E-state index in [1.165, 1.54) is 0 Å². The van der Waals surface area contributed by atoms with Crippen LogP contribution in [-0.2, 0) is 6.54 Å². The van der Waals surface area contributed by atoms with Gasteiger partial charge in [0.2, 0.25) is 0 Å². The van der Waals surface area contributed by atoms with Gasteiger partial charge in [0, 0.05) is 11.0 Å². The molecule has 0 saturated heterocycles. The molecule has 1 heterocycles. The zero-order valence-corrected chi connectivity index (χ0v) is 12.4. The van der Waals surface area contributed by atoms with Crippen molar-refractivity contribution in [3.63, 3.8) is 0 Å². The first-order valence-electron chi connectivity index (χ1n) is 6.28. The minimum atomic E-state index is -0.487. The number of oxazole rings is 1. The molecular weight excluding hydrogens is 336 g/mol. The number of nitrogens with one attached hydrogen (secondary N) is 2. The fourth-order valence-corrected chi connectivity index (χ4v) is 2.49. The lowest BCUT2D eigenvalue weighted by Gasteiger charge is -2.06. The highest BCUT2D eigenvalue weighted by Crippen LogP contribution is 2.16. The third-order valence-corrected chi connectivity index (χ3v) is 3.75. The lowest BCUT2D eigenvalue weighted by molar-refractivity contribution is 0.0950. The summed E-state index contributed by atoms with van der Waals surface area (Å²) in [5.74, 6) is -0.655. The second-order valence-electron chi connectivity index (χ2n) is 4.51. The number of carbonyl (C=O) groups excluding carboxylic acids is 1. The van der Waals surface area contributed by atoms with Crippen molar-refractivity contribution in [2.45, 2.75) is 6.54 Å². The molecule has 3 rings (SSSR count). The Labute approximate surface area is 128 Å². The van der Waals surface area contributed by atoms with Gasteiger partial charge in [0.25, 0.3) is 5.91 Å². The van der Waals surface area contributed by atoms with Gasteiger partial charge in [0.15, 0.2) is 5.58 Å². The van der Waals surface area contributed by atoms with Crippen LogP contribution in [0.5, 0.6) is 0 Å². The van der Waals surface area contributed by atoms with Crippen molar-refractivity contribution < 1.29 is 9.21 Å². The van der Waals surface area contributed by atoms with Gasteiger partial charge in [0.1, 0.15) is 0 Å². The van der Waals surface area contributed by atoms with E-state index in [9.17, 15) is 9.59 Å². The first-order chi connectivity index (χ1) is 10.1. The molecule has 0 aliphatic rings. The molecule has 0 aliphatic carbocycles. The number of H-pyrrole nitrogens is 1. The molecule has 6 heteroatoms. The third kappa shape index (κ3) is 2.90. The Balaban J connectivity index is 1.75. The van der Waals surface area contributed by atoms with E-state index in [0.717, 1.165) is 10.0 Å². The van der Waals surface area contributed by atoms with E-state index in [1.807, 2.05) is 18.2 Å². The average Bonchev–Trinajstić information content (AvgIpc) is 2.84. The van der Waals surface area contributed by atoms with Gasteiger partial charge in [-0.15, -0.1) is 0 Å². The molecule has 0 radical (unpaired) electrons. The summed E-state index contributed by atoms with van der Waals surface area (Å²) >= 11 is 3.34. The largest absolute Gasteiger partial charge is 0.417 e. The van der Waals surface area contributed by atoms with Crippen LogP contribution in [0.15, 0.2) is 56.1 Å². The number of rotatable bonds is 3. The van der Waals surface area contributed by atoms with Gasteiger partial charge < -0.3 is 9.73 Å². The highest BCUT2D eigenvalue weighted by molar-refractivity contribution is 9.10. The van der Waals surface area contributed by atoms with E-state index in [1.54, 1.807) is 24.3 Å². The zero-order chi connectivity index (χ0) is 14.8. The van der Waals surface area contributed by atoms with Crippen molar-refractivity contribution in [1.29, 1.82) is 0 Å². The first kappa shape index (κ1) is 13.6. The van der Waals surface area contributed by atoms with Crippen molar-refractivity contribution in [1.82, 2.24) is 10.3 Å². The van der Waals surface area contributed by atoms with Crippen LogP contribution in [0.1, 0.15) is 15.9 Å². The first-order valence-corrected chi connectivity index (χ1v) is 7.07. The van der Waals surface area contributed by atoms with Crippen LogP contribution in [0.2, 0.25) is 0 Å². The molecule has 21 heavy (non-hydrogen) atoms. The molecule has 2 aromatic carbocycles. The number of hydrogen-bond donors (Lipinski definition) is 2. The van der Waals surface area contributed by atoms with Gasteiger partial charge in [-0.05, 0) is 45.8 Å². The van der Waals surface area contributed by atoms with Crippen LogP contribution in [0.4, 0.5) is 0 Å². The van der Waals surface area contributed by atoms with Crippen LogP contribution in [0.3, 0.4) is 0 Å². The number of benzene rings is 2. The summed E-state index contributed by atoms with van der Waals surface area (Å²) in [7, 11) is 0. The van der Waals surface area contributed by atoms with Gasteiger partial charge in [-0.3, -0.25) is 9.78 Å². The maximum atomic E-state index is 12.1. The summed E-state index contributed by atoms with van der Waals surface area (Å²) in [6.07, 6.45) is 0. The van der Waals surface area contributed by atoms with Crippen molar-refractivity contribution in [2.24, 2.45) is 0 Å². The molecule has 0 unspecified atom stereocenters. The molecule has 0 bridgehead atoms. The van der Waals surface area contributed by atoms with Gasteiger partial charge in [0.05, 0.1) is 11.1 Å². The van der Waals surface area contributed by atoms with Crippen molar-refractivity contribution in [3.8, 4) is 0 Å². The van der Waals surface area contributed by atoms with Crippen LogP contribution in [0.25, 0.3) is 11.1 Å². The fourth-order valence-electron chi connectivity index (χ4n) is 2.02. The minimum absolute atomic E-state index is 0.168. The summed E-state index contributed by atoms with van der Waals surface area (Å²) in [4.78, 5) is 25.7. The molecule has 0 atom stereocenters. The highest BCUT2D eigenvalue weighted by atomic mass is 79.9. The van der Waals surface area contributed by atoms with Crippen LogP contribution in [0, 0.1) is 0 Å². The number of aromatic nitrogens is 1. The lowest BCUT2D eigenvalue weighted by Crippen LogP contribution is -2.23. The predicted octanol–water partition coefficient (Wildman–Crippen LogP) is 2.81. The molecule has 2 N–H and O–H groups in total. The lowest BCUT2D eigenvalue weighted by atomic mass is 10.2. The van der Waals surface area contributed by atoms with E-state index in [4.69, 9.17) is 4.42 Å². The van der Waals surface area contributed by atoms with Crippen LogP contribution < -0.4 is 11.1 Å². The molecule has 0 saturated carbocycles. The summed E-state index contributed by atoms with van der Waals surface area (Å²) in [6, 6.07) is 12.5. The summed E-state index contributed by atoms with van der Waals surface area (Å²) in [6.45, 7) is 0.352. The normalized spacial score (nSPS) is 10.7. The maximum Gasteiger partial charge on any atom is 0.417 e. The monoisotopic (exact) mass is 346 g/mol. The Kier molecular flexibility index (Phi) is 3.62. The van der Waals surface area contributed by atoms with E-state index in [2.05, 4.69) is 26.2 Å². The van der Waals surface area contributed by atoms with Crippen molar-refractivity contribution >= 4 is 32.9 Å². The Morgan fingerprint density at radius 1 is 1.24 bits per heavy atom. The van der Waals surface area contributed by atoms with Crippen molar-refractivity contribution in [2.75, 3.05) is 0 Å². The zero-order valence-electron chi connectivity index (χ0n) is 10.9. The van der Waals surface area contributed by atoms with Gasteiger partial charge in [-0.2, -0.15) is 0 Å².